The zero-order valence-electron chi connectivity index (χ0n) is 16.9. The number of carbonyl (C=O) groups is 1. The lowest BCUT2D eigenvalue weighted by Crippen LogP contribution is -2.16. The van der Waals surface area contributed by atoms with Crippen LogP contribution in [0.25, 0.3) is 0 Å². The Morgan fingerprint density at radius 3 is 2.83 bits per heavy atom. The van der Waals surface area contributed by atoms with Gasteiger partial charge in [-0.3, -0.25) is 4.79 Å². The molecule has 3 rings (SSSR count). The molecule has 0 aliphatic heterocycles. The molecule has 1 amide bonds. The van der Waals surface area contributed by atoms with Gasteiger partial charge >= 0.3 is 0 Å². The molecule has 0 saturated heterocycles. The van der Waals surface area contributed by atoms with Gasteiger partial charge in [-0.15, -0.1) is 16.8 Å². The highest BCUT2D eigenvalue weighted by molar-refractivity contribution is 7.99. The van der Waals surface area contributed by atoms with E-state index < -0.39 is 0 Å². The maximum absolute atomic E-state index is 12.5. The van der Waals surface area contributed by atoms with Gasteiger partial charge in [0.1, 0.15) is 11.6 Å². The molecule has 29 heavy (non-hydrogen) atoms. The van der Waals surface area contributed by atoms with Crippen molar-refractivity contribution in [2.24, 2.45) is 0 Å². The van der Waals surface area contributed by atoms with E-state index in [9.17, 15) is 4.79 Å². The van der Waals surface area contributed by atoms with Crippen molar-refractivity contribution in [3.05, 3.63) is 41.2 Å². The van der Waals surface area contributed by atoms with E-state index in [1.807, 2.05) is 19.1 Å². The van der Waals surface area contributed by atoms with Gasteiger partial charge in [-0.05, 0) is 31.4 Å². The Kier molecular flexibility index (Phi) is 7.61. The first-order valence-corrected chi connectivity index (χ1v) is 11.2. The molecule has 0 unspecified atom stereocenters. The van der Waals surface area contributed by atoms with Crippen molar-refractivity contribution < 1.29 is 9.53 Å². The monoisotopic (exact) mass is 434 g/mol. The first-order valence-electron chi connectivity index (χ1n) is 9.84. The van der Waals surface area contributed by atoms with Crippen LogP contribution in [0.2, 0.25) is 5.02 Å². The number of thioether (sulfide) groups is 1. The number of halogens is 1. The maximum atomic E-state index is 12.5. The summed E-state index contributed by atoms with van der Waals surface area (Å²) in [6.45, 7) is 6.39. The van der Waals surface area contributed by atoms with Gasteiger partial charge in [-0.25, -0.2) is 0 Å². The summed E-state index contributed by atoms with van der Waals surface area (Å²) >= 11 is 7.52. The molecule has 1 aliphatic carbocycles. The molecule has 0 spiro atoms. The minimum atomic E-state index is -0.137. The number of nitrogens with zero attached hydrogens (tertiary/aromatic N) is 3. The molecule has 1 saturated carbocycles. The van der Waals surface area contributed by atoms with E-state index in [1.54, 1.807) is 13.2 Å². The van der Waals surface area contributed by atoms with Crippen LogP contribution < -0.4 is 10.1 Å². The fourth-order valence-corrected chi connectivity index (χ4v) is 4.52. The van der Waals surface area contributed by atoms with Gasteiger partial charge in [0, 0.05) is 23.6 Å². The number of carbonyl (C=O) groups excluding carboxylic acids is 1. The lowest BCUT2D eigenvalue weighted by Gasteiger charge is -2.21. The van der Waals surface area contributed by atoms with Crippen molar-refractivity contribution in [2.75, 3.05) is 18.2 Å². The predicted molar refractivity (Wildman–Crippen MR) is 118 cm³/mol. The average Bonchev–Trinajstić information content (AvgIpc) is 3.12. The predicted octanol–water partition coefficient (Wildman–Crippen LogP) is 5.21. The zero-order chi connectivity index (χ0) is 20.8. The highest BCUT2D eigenvalue weighted by atomic mass is 35.5. The topological polar surface area (TPSA) is 69.0 Å². The molecule has 1 N–H and O–H groups in total. The summed E-state index contributed by atoms with van der Waals surface area (Å²) in [5, 5.41) is 13.1. The fraction of sp³-hybridized carbons (Fsp3) is 0.476. The number of aromatic nitrogens is 3. The molecule has 8 heteroatoms. The smallest absolute Gasteiger partial charge is 0.234 e. The highest BCUT2D eigenvalue weighted by Gasteiger charge is 2.23. The van der Waals surface area contributed by atoms with E-state index in [1.165, 1.54) is 31.0 Å². The highest BCUT2D eigenvalue weighted by Crippen LogP contribution is 2.34. The first kappa shape index (κ1) is 21.7. The van der Waals surface area contributed by atoms with Crippen LogP contribution >= 0.6 is 23.4 Å². The van der Waals surface area contributed by atoms with Gasteiger partial charge in [0.15, 0.2) is 5.16 Å². The summed E-state index contributed by atoms with van der Waals surface area (Å²) in [4.78, 5) is 12.5. The van der Waals surface area contributed by atoms with Crippen LogP contribution in [-0.4, -0.2) is 33.5 Å². The summed E-state index contributed by atoms with van der Waals surface area (Å²) in [5.74, 6) is 2.09. The molecule has 1 aliphatic rings. The molecule has 156 valence electrons. The summed E-state index contributed by atoms with van der Waals surface area (Å²) in [7, 11) is 1.55. The molecule has 1 aromatic heterocycles. The van der Waals surface area contributed by atoms with Gasteiger partial charge < -0.3 is 14.6 Å². The van der Waals surface area contributed by atoms with Gasteiger partial charge in [-0.1, -0.05) is 48.7 Å². The Morgan fingerprint density at radius 1 is 1.38 bits per heavy atom. The Morgan fingerprint density at radius 2 is 2.14 bits per heavy atom. The molecule has 2 aromatic rings. The van der Waals surface area contributed by atoms with E-state index in [0.717, 1.165) is 29.4 Å². The second-order valence-electron chi connectivity index (χ2n) is 7.21. The Bertz CT molecular complexity index is 878. The number of hydrogen-bond donors (Lipinski definition) is 1. The van der Waals surface area contributed by atoms with Crippen molar-refractivity contribution >= 4 is 35.0 Å². The molecule has 1 heterocycles. The lowest BCUT2D eigenvalue weighted by atomic mass is 9.89. The summed E-state index contributed by atoms with van der Waals surface area (Å²) < 4.78 is 7.41. The van der Waals surface area contributed by atoms with Crippen molar-refractivity contribution in [1.29, 1.82) is 0 Å². The number of nitrogens with one attached hydrogen (secondary N) is 1. The minimum Gasteiger partial charge on any atom is -0.495 e. The van der Waals surface area contributed by atoms with E-state index in [4.69, 9.17) is 16.3 Å². The third-order valence-corrected chi connectivity index (χ3v) is 6.49. The number of amides is 1. The van der Waals surface area contributed by atoms with Crippen LogP contribution in [0.15, 0.2) is 29.9 Å². The molecule has 0 bridgehead atoms. The number of anilines is 1. The fourth-order valence-electron chi connectivity index (χ4n) is 3.62. The van der Waals surface area contributed by atoms with Crippen molar-refractivity contribution in [3.63, 3.8) is 0 Å². The molecule has 0 atom stereocenters. The Hall–Kier alpha value is -1.99. The molecular weight excluding hydrogens is 408 g/mol. The van der Waals surface area contributed by atoms with Crippen LogP contribution in [0.4, 0.5) is 5.69 Å². The largest absolute Gasteiger partial charge is 0.495 e. The van der Waals surface area contributed by atoms with E-state index in [-0.39, 0.29) is 11.7 Å². The third-order valence-electron chi connectivity index (χ3n) is 5.11. The summed E-state index contributed by atoms with van der Waals surface area (Å²) in [6, 6.07) is 3.52. The van der Waals surface area contributed by atoms with Gasteiger partial charge in [0.25, 0.3) is 0 Å². The quantitative estimate of drug-likeness (QED) is 0.456. The van der Waals surface area contributed by atoms with Crippen LogP contribution in [0.5, 0.6) is 5.75 Å². The average molecular weight is 435 g/mol. The lowest BCUT2D eigenvalue weighted by molar-refractivity contribution is -0.113. The molecule has 1 fully saturated rings. The van der Waals surface area contributed by atoms with Crippen LogP contribution in [-0.2, 0) is 11.3 Å². The van der Waals surface area contributed by atoms with Crippen LogP contribution in [0, 0.1) is 6.92 Å². The normalized spacial score (nSPS) is 14.6. The minimum absolute atomic E-state index is 0.137. The summed E-state index contributed by atoms with van der Waals surface area (Å²) in [6.07, 6.45) is 7.91. The number of ether oxygens (including phenoxy) is 1. The molecule has 1 aromatic carbocycles. The van der Waals surface area contributed by atoms with Gasteiger partial charge in [0.2, 0.25) is 5.91 Å². The molecule has 0 radical (unpaired) electrons. The number of rotatable bonds is 8. The van der Waals surface area contributed by atoms with Crippen molar-refractivity contribution in [2.45, 2.75) is 56.6 Å². The SMILES string of the molecule is C=CCn1c(SCC(=O)Nc2cc(C)c(Cl)cc2OC)nnc1C1CCCCC1. The van der Waals surface area contributed by atoms with Gasteiger partial charge in [0.05, 0.1) is 18.6 Å². The van der Waals surface area contributed by atoms with Crippen molar-refractivity contribution in [1.82, 2.24) is 14.8 Å². The second kappa shape index (κ2) is 10.2. The Balaban J connectivity index is 1.68. The van der Waals surface area contributed by atoms with E-state index in [0.29, 0.717) is 28.9 Å². The van der Waals surface area contributed by atoms with E-state index >= 15 is 0 Å². The first-order chi connectivity index (χ1) is 14.0. The van der Waals surface area contributed by atoms with Gasteiger partial charge in [-0.2, -0.15) is 0 Å². The standard InChI is InChI=1S/C21H27ClN4O2S/c1-4-10-26-20(15-8-6-5-7-9-15)24-25-21(26)29-13-19(27)23-17-11-14(2)16(22)12-18(17)28-3/h4,11-12,15H,1,5-10,13H2,2-3H3,(H,23,27). The van der Waals surface area contributed by atoms with Crippen LogP contribution in [0.3, 0.4) is 0 Å². The van der Waals surface area contributed by atoms with Crippen LogP contribution in [0.1, 0.15) is 49.4 Å². The molecule has 6 nitrogen and oxygen atoms in total. The molecular formula is C21H27ClN4O2S. The number of benzene rings is 1. The summed E-state index contributed by atoms with van der Waals surface area (Å²) in [5.41, 5.74) is 1.48. The number of methoxy groups -OCH3 is 1. The number of hydrogen-bond acceptors (Lipinski definition) is 5. The Labute approximate surface area is 181 Å². The third kappa shape index (κ3) is 5.34. The second-order valence-corrected chi connectivity index (χ2v) is 8.56. The van der Waals surface area contributed by atoms with Crippen molar-refractivity contribution in [3.8, 4) is 5.75 Å². The number of allylic oxidation sites excluding steroid dienone is 1. The van der Waals surface area contributed by atoms with E-state index in [2.05, 4.69) is 26.7 Å². The zero-order valence-corrected chi connectivity index (χ0v) is 18.5. The maximum Gasteiger partial charge on any atom is 0.234 e. The number of aryl methyl sites for hydroxylation is 1.